The van der Waals surface area contributed by atoms with Gasteiger partial charge in [0.05, 0.1) is 11.7 Å². The second-order valence-electron chi connectivity index (χ2n) is 8.67. The molecule has 2 aromatic heterocycles. The van der Waals surface area contributed by atoms with Crippen LogP contribution in [0.4, 0.5) is 5.13 Å². The Bertz CT molecular complexity index is 1240. The van der Waals surface area contributed by atoms with Gasteiger partial charge in [0.2, 0.25) is 0 Å². The van der Waals surface area contributed by atoms with Crippen LogP contribution in [-0.4, -0.2) is 56.7 Å². The summed E-state index contributed by atoms with van der Waals surface area (Å²) in [6, 6.07) is 4.61. The van der Waals surface area contributed by atoms with Crippen LogP contribution in [0.1, 0.15) is 31.4 Å². The number of β-lactam (4-membered cyclic amide) rings is 1. The van der Waals surface area contributed by atoms with E-state index in [1.54, 1.807) is 5.38 Å². The summed E-state index contributed by atoms with van der Waals surface area (Å²) in [7, 11) is 0. The number of thioether (sulfide) groups is 1. The van der Waals surface area contributed by atoms with E-state index in [0.29, 0.717) is 17.9 Å². The molecule has 36 heavy (non-hydrogen) atoms. The van der Waals surface area contributed by atoms with E-state index in [9.17, 15) is 19.5 Å². The van der Waals surface area contributed by atoms with E-state index in [2.05, 4.69) is 15.5 Å². The van der Waals surface area contributed by atoms with Crippen LogP contribution in [0.3, 0.4) is 0 Å². The number of anilines is 1. The van der Waals surface area contributed by atoms with Crippen molar-refractivity contribution in [2.75, 3.05) is 11.5 Å². The molecule has 0 radical (unpaired) electrons. The molecule has 2 aliphatic heterocycles. The van der Waals surface area contributed by atoms with Crippen molar-refractivity contribution < 1.29 is 28.9 Å². The van der Waals surface area contributed by atoms with Gasteiger partial charge < -0.3 is 25.8 Å². The number of aliphatic carboxylic acids is 1. The van der Waals surface area contributed by atoms with Crippen molar-refractivity contribution in [1.29, 1.82) is 0 Å². The van der Waals surface area contributed by atoms with Gasteiger partial charge in [0.25, 0.3) is 11.8 Å². The summed E-state index contributed by atoms with van der Waals surface area (Å²) in [4.78, 5) is 49.1. The summed E-state index contributed by atoms with van der Waals surface area (Å²) >= 11 is 2.54. The van der Waals surface area contributed by atoms with Gasteiger partial charge in [0, 0.05) is 28.8 Å². The molecule has 188 valence electrons. The number of carboxylic acids is 1. The number of rotatable bonds is 8. The molecule has 0 bridgehead atoms. The molecule has 13 heteroatoms. The van der Waals surface area contributed by atoms with Gasteiger partial charge in [-0.25, -0.2) is 9.55 Å². The molecule has 2 atom stereocenters. The SMILES string of the molecule is Nc1nc(/C(=N/OC2CCCC2)C(=O)NC2C(=O)N3C(C(=O)[O-])=C(C[n+]4ccccc4)CS[C@H]23)cs1. The molecule has 3 aliphatic rings. The molecule has 1 saturated carbocycles. The minimum Gasteiger partial charge on any atom is -0.543 e. The predicted molar refractivity (Wildman–Crippen MR) is 130 cm³/mol. The third-order valence-electron chi connectivity index (χ3n) is 6.25. The summed E-state index contributed by atoms with van der Waals surface area (Å²) in [5.41, 5.74) is 6.35. The van der Waals surface area contributed by atoms with Crippen molar-refractivity contribution in [1.82, 2.24) is 15.2 Å². The first kappa shape index (κ1) is 24.3. The van der Waals surface area contributed by atoms with Gasteiger partial charge in [-0.05, 0) is 25.7 Å². The van der Waals surface area contributed by atoms with Gasteiger partial charge in [-0.2, -0.15) is 0 Å². The fourth-order valence-electron chi connectivity index (χ4n) is 4.48. The fraction of sp³-hybridized carbons (Fsp3) is 0.391. The van der Waals surface area contributed by atoms with Crippen LogP contribution in [0.5, 0.6) is 0 Å². The Morgan fingerprint density at radius 2 is 2.03 bits per heavy atom. The number of thiazole rings is 1. The van der Waals surface area contributed by atoms with Gasteiger partial charge in [-0.3, -0.25) is 14.5 Å². The van der Waals surface area contributed by atoms with Crippen LogP contribution < -0.4 is 20.7 Å². The second kappa shape index (κ2) is 10.3. The first-order valence-electron chi connectivity index (χ1n) is 11.5. The maximum Gasteiger partial charge on any atom is 0.276 e. The summed E-state index contributed by atoms with van der Waals surface area (Å²) in [5, 5.41) is 20.1. The largest absolute Gasteiger partial charge is 0.543 e. The van der Waals surface area contributed by atoms with Crippen molar-refractivity contribution in [3.8, 4) is 0 Å². The summed E-state index contributed by atoms with van der Waals surface area (Å²) < 4.78 is 1.83. The predicted octanol–water partition coefficient (Wildman–Crippen LogP) is -0.220. The Morgan fingerprint density at radius 1 is 1.28 bits per heavy atom. The number of carbonyl (C=O) groups is 3. The first-order valence-corrected chi connectivity index (χ1v) is 13.4. The molecular weight excluding hydrogens is 504 g/mol. The molecule has 0 aromatic carbocycles. The maximum absolute atomic E-state index is 13.2. The van der Waals surface area contributed by atoms with Gasteiger partial charge in [-0.15, -0.1) is 23.1 Å². The standard InChI is InChI=1S/C23H24N6O5S2/c24-23-25-15(12-36-23)16(27-34-14-6-2-3-7-14)19(30)26-17-20(31)29-18(22(32)33)13(11-35-21(17)29)10-28-8-4-1-5-9-28/h1,4-5,8-9,12,14,17,21H,2-3,6-7,10-11H2,(H3-,24,25,26,30,32,33)/b27-16-/t17?,21-/m1/s1. The van der Waals surface area contributed by atoms with E-state index in [4.69, 9.17) is 10.6 Å². The highest BCUT2D eigenvalue weighted by Crippen LogP contribution is 2.40. The van der Waals surface area contributed by atoms with Crippen molar-refractivity contribution in [3.05, 3.63) is 52.9 Å². The van der Waals surface area contributed by atoms with Gasteiger partial charge in [0.15, 0.2) is 29.8 Å². The van der Waals surface area contributed by atoms with E-state index < -0.39 is 29.2 Å². The Balaban J connectivity index is 1.33. The minimum atomic E-state index is -1.42. The van der Waals surface area contributed by atoms with Crippen LogP contribution in [0.15, 0.2) is 52.4 Å². The Morgan fingerprint density at radius 3 is 2.69 bits per heavy atom. The number of aromatic nitrogens is 2. The highest BCUT2D eigenvalue weighted by Gasteiger charge is 2.53. The number of fused-ring (bicyclic) bond motifs is 1. The highest BCUT2D eigenvalue weighted by atomic mass is 32.2. The monoisotopic (exact) mass is 528 g/mol. The topological polar surface area (TPSA) is 154 Å². The number of carboxylic acid groups (broad SMARTS) is 1. The van der Waals surface area contributed by atoms with Crippen molar-refractivity contribution >= 4 is 51.7 Å². The Kier molecular flexibility index (Phi) is 6.92. The van der Waals surface area contributed by atoms with Crippen LogP contribution >= 0.6 is 23.1 Å². The van der Waals surface area contributed by atoms with Gasteiger partial charge in [0.1, 0.15) is 23.2 Å². The molecular formula is C23H24N6O5S2. The summed E-state index contributed by atoms with van der Waals surface area (Å²) in [6.45, 7) is 0.311. The molecule has 1 saturated heterocycles. The van der Waals surface area contributed by atoms with Crippen molar-refractivity contribution in [3.63, 3.8) is 0 Å². The number of hydrogen-bond donors (Lipinski definition) is 2. The fourth-order valence-corrected chi connectivity index (χ4v) is 6.37. The smallest absolute Gasteiger partial charge is 0.276 e. The molecule has 1 aliphatic carbocycles. The number of nitrogens with zero attached hydrogens (tertiary/aromatic N) is 4. The second-order valence-corrected chi connectivity index (χ2v) is 10.7. The molecule has 2 aromatic rings. The van der Waals surface area contributed by atoms with E-state index in [1.807, 2.05) is 35.2 Å². The van der Waals surface area contributed by atoms with Gasteiger partial charge in [-0.1, -0.05) is 11.2 Å². The zero-order valence-corrected chi connectivity index (χ0v) is 20.8. The number of nitrogens with one attached hydrogen (secondary N) is 1. The van der Waals surface area contributed by atoms with E-state index in [1.165, 1.54) is 16.7 Å². The highest BCUT2D eigenvalue weighted by molar-refractivity contribution is 8.00. The number of pyridine rings is 1. The quantitative estimate of drug-likeness (QED) is 0.206. The third-order valence-corrected chi connectivity index (χ3v) is 8.27. The van der Waals surface area contributed by atoms with Crippen LogP contribution in [0.2, 0.25) is 0 Å². The maximum atomic E-state index is 13.2. The van der Waals surface area contributed by atoms with Crippen LogP contribution in [0, 0.1) is 0 Å². The van der Waals surface area contributed by atoms with E-state index in [-0.39, 0.29) is 28.3 Å². The molecule has 11 nitrogen and oxygen atoms in total. The number of nitrogens with two attached hydrogens (primary N) is 1. The Labute approximate surface area is 215 Å². The molecule has 1 unspecified atom stereocenters. The molecule has 5 rings (SSSR count). The van der Waals surface area contributed by atoms with Crippen LogP contribution in [-0.2, 0) is 25.8 Å². The normalized spacial score (nSPS) is 22.3. The van der Waals surface area contributed by atoms with Crippen molar-refractivity contribution in [2.45, 2.75) is 49.7 Å². The van der Waals surface area contributed by atoms with E-state index in [0.717, 1.165) is 37.0 Å². The third kappa shape index (κ3) is 4.80. The van der Waals surface area contributed by atoms with Gasteiger partial charge >= 0.3 is 0 Å². The first-order chi connectivity index (χ1) is 17.4. The zero-order valence-electron chi connectivity index (χ0n) is 19.2. The number of oxime groups is 1. The van der Waals surface area contributed by atoms with Crippen LogP contribution in [0.25, 0.3) is 0 Å². The summed E-state index contributed by atoms with van der Waals surface area (Å²) in [5.74, 6) is -2.21. The zero-order chi connectivity index (χ0) is 25.2. The molecule has 2 fully saturated rings. The number of amides is 2. The summed E-state index contributed by atoms with van der Waals surface area (Å²) in [6.07, 6.45) is 7.35. The average Bonchev–Trinajstić information content (AvgIpc) is 3.55. The van der Waals surface area contributed by atoms with E-state index >= 15 is 0 Å². The lowest BCUT2D eigenvalue weighted by Gasteiger charge is -2.50. The lowest BCUT2D eigenvalue weighted by atomic mass is 10.0. The lowest BCUT2D eigenvalue weighted by molar-refractivity contribution is -0.689. The molecule has 0 spiro atoms. The minimum absolute atomic E-state index is 0.0706. The number of hydrogen-bond acceptors (Lipinski definition) is 10. The lowest BCUT2D eigenvalue weighted by Crippen LogP contribution is -2.71. The molecule has 4 heterocycles. The number of carbonyl (C=O) groups excluding carboxylic acids is 3. The average molecular weight is 529 g/mol. The number of nitrogen functional groups attached to an aromatic ring is 1. The molecule has 2 amide bonds. The van der Waals surface area contributed by atoms with Crippen molar-refractivity contribution in [2.24, 2.45) is 5.16 Å². The Hall–Kier alpha value is -3.45. The molecule has 3 N–H and O–H groups in total.